The Morgan fingerprint density at radius 2 is 1.75 bits per heavy atom. The summed E-state index contributed by atoms with van der Waals surface area (Å²) in [5.74, 6) is -0.890. The van der Waals surface area contributed by atoms with Crippen molar-refractivity contribution in [2.45, 2.75) is 18.2 Å². The van der Waals surface area contributed by atoms with Gasteiger partial charge in [0, 0.05) is 0 Å². The first-order valence-electron chi connectivity index (χ1n) is 3.41. The maximum Gasteiger partial charge on any atom is 0.182 e. The number of aliphatic hydroxyl groups excluding tert-OH is 4. The van der Waals surface area contributed by atoms with E-state index in [0.717, 1.165) is 0 Å². The van der Waals surface area contributed by atoms with Gasteiger partial charge in [-0.05, 0) is 0 Å². The van der Waals surface area contributed by atoms with Gasteiger partial charge in [-0.3, -0.25) is 4.79 Å². The van der Waals surface area contributed by atoms with E-state index >= 15 is 0 Å². The zero-order chi connectivity index (χ0) is 9.72. The van der Waals surface area contributed by atoms with E-state index in [4.69, 9.17) is 26.2 Å². The Labute approximate surface area is 69.2 Å². The van der Waals surface area contributed by atoms with E-state index in [1.165, 1.54) is 0 Å². The normalized spacial score (nSPS) is 18.4. The third-order valence-corrected chi connectivity index (χ3v) is 1.41. The van der Waals surface area contributed by atoms with Crippen molar-refractivity contribution < 1.29 is 25.2 Å². The summed E-state index contributed by atoms with van der Waals surface area (Å²) in [6, 6.07) is -1.22. The summed E-state index contributed by atoms with van der Waals surface area (Å²) in [6.45, 7) is -1.33. The molecule has 6 heteroatoms. The molecule has 0 amide bonds. The molecule has 0 aliphatic heterocycles. The first-order chi connectivity index (χ1) is 5.54. The Morgan fingerprint density at radius 3 is 2.08 bits per heavy atom. The average Bonchev–Trinajstić information content (AvgIpc) is 2.12. The Balaban J connectivity index is 4.09. The fourth-order valence-corrected chi connectivity index (χ4v) is 0.599. The van der Waals surface area contributed by atoms with Crippen LogP contribution in [0.25, 0.3) is 0 Å². The molecule has 12 heavy (non-hydrogen) atoms. The van der Waals surface area contributed by atoms with Crippen molar-refractivity contribution in [3.63, 3.8) is 0 Å². The summed E-state index contributed by atoms with van der Waals surface area (Å²) in [7, 11) is 0. The van der Waals surface area contributed by atoms with E-state index in [-0.39, 0.29) is 0 Å². The molecule has 0 fully saturated rings. The van der Waals surface area contributed by atoms with Crippen LogP contribution in [-0.2, 0) is 4.79 Å². The number of ketones is 1. The lowest BCUT2D eigenvalue weighted by Crippen LogP contribution is -2.47. The van der Waals surface area contributed by atoms with E-state index in [0.29, 0.717) is 0 Å². The smallest absolute Gasteiger partial charge is 0.182 e. The molecular weight excluding hydrogens is 166 g/mol. The highest BCUT2D eigenvalue weighted by molar-refractivity contribution is 5.88. The van der Waals surface area contributed by atoms with E-state index in [9.17, 15) is 4.79 Å². The van der Waals surface area contributed by atoms with Gasteiger partial charge in [0.25, 0.3) is 0 Å². The summed E-state index contributed by atoms with van der Waals surface area (Å²) in [5.41, 5.74) is 5.06. The third-order valence-electron chi connectivity index (χ3n) is 1.41. The van der Waals surface area contributed by atoms with Crippen LogP contribution in [0.3, 0.4) is 0 Å². The quantitative estimate of drug-likeness (QED) is 0.299. The van der Waals surface area contributed by atoms with Gasteiger partial charge < -0.3 is 26.2 Å². The van der Waals surface area contributed by atoms with Crippen molar-refractivity contribution in [3.05, 3.63) is 0 Å². The Kier molecular flexibility index (Phi) is 4.95. The highest BCUT2D eigenvalue weighted by atomic mass is 16.4. The molecule has 0 unspecified atom stereocenters. The maximum atomic E-state index is 10.9. The highest BCUT2D eigenvalue weighted by Crippen LogP contribution is 1.96. The molecule has 0 bridgehead atoms. The van der Waals surface area contributed by atoms with Crippen LogP contribution in [-0.4, -0.2) is 57.7 Å². The first kappa shape index (κ1) is 11.5. The molecule has 0 aliphatic carbocycles. The minimum Gasteiger partial charge on any atom is -0.394 e. The van der Waals surface area contributed by atoms with Crippen LogP contribution in [0.4, 0.5) is 0 Å². The zero-order valence-electron chi connectivity index (χ0n) is 6.42. The molecule has 3 atom stereocenters. The van der Waals surface area contributed by atoms with Gasteiger partial charge in [-0.2, -0.15) is 0 Å². The molecule has 0 saturated heterocycles. The molecule has 0 aromatic heterocycles. The van der Waals surface area contributed by atoms with E-state index in [2.05, 4.69) is 0 Å². The van der Waals surface area contributed by atoms with Gasteiger partial charge in [0.1, 0.15) is 12.2 Å². The topological polar surface area (TPSA) is 124 Å². The molecular formula is C6H13NO5. The van der Waals surface area contributed by atoms with Crippen LogP contribution in [0.5, 0.6) is 0 Å². The first-order valence-corrected chi connectivity index (χ1v) is 3.41. The second-order valence-electron chi connectivity index (χ2n) is 2.39. The molecule has 0 aromatic carbocycles. The Morgan fingerprint density at radius 1 is 1.25 bits per heavy atom. The van der Waals surface area contributed by atoms with Crippen LogP contribution < -0.4 is 5.73 Å². The molecule has 0 aliphatic rings. The van der Waals surface area contributed by atoms with Crippen molar-refractivity contribution in [3.8, 4) is 0 Å². The average molecular weight is 179 g/mol. The Hall–Kier alpha value is -0.530. The van der Waals surface area contributed by atoms with Crippen molar-refractivity contribution in [1.82, 2.24) is 0 Å². The van der Waals surface area contributed by atoms with Gasteiger partial charge in [-0.15, -0.1) is 0 Å². The van der Waals surface area contributed by atoms with Crippen molar-refractivity contribution in [2.75, 3.05) is 13.2 Å². The van der Waals surface area contributed by atoms with Gasteiger partial charge in [0.2, 0.25) is 0 Å². The summed E-state index contributed by atoms with van der Waals surface area (Å²) in [6.07, 6.45) is -3.28. The van der Waals surface area contributed by atoms with Gasteiger partial charge in [-0.25, -0.2) is 0 Å². The largest absolute Gasteiger partial charge is 0.394 e. The molecule has 6 N–H and O–H groups in total. The summed E-state index contributed by atoms with van der Waals surface area (Å²) in [4.78, 5) is 10.9. The molecule has 0 saturated carbocycles. The summed E-state index contributed by atoms with van der Waals surface area (Å²) in [5, 5.41) is 34.5. The Bertz CT molecular complexity index is 151. The molecule has 0 aromatic rings. The van der Waals surface area contributed by atoms with Crippen LogP contribution in [0.15, 0.2) is 0 Å². The predicted molar refractivity (Wildman–Crippen MR) is 39.2 cm³/mol. The lowest BCUT2D eigenvalue weighted by Gasteiger charge is -2.16. The number of carbonyl (C=O) groups excluding carboxylic acids is 1. The maximum absolute atomic E-state index is 10.9. The number of rotatable bonds is 5. The SMILES string of the molecule is N[C@@H](CO)C(=O)[C@@H](O)[C@@H](O)CO. The van der Waals surface area contributed by atoms with Crippen molar-refractivity contribution in [2.24, 2.45) is 5.73 Å². The van der Waals surface area contributed by atoms with E-state index < -0.39 is 37.2 Å². The van der Waals surface area contributed by atoms with E-state index in [1.807, 2.05) is 0 Å². The number of carbonyl (C=O) groups is 1. The number of nitrogens with two attached hydrogens (primary N) is 1. The summed E-state index contributed by atoms with van der Waals surface area (Å²) < 4.78 is 0. The molecule has 0 radical (unpaired) electrons. The molecule has 0 spiro atoms. The molecule has 0 rings (SSSR count). The van der Waals surface area contributed by atoms with Crippen LogP contribution >= 0.6 is 0 Å². The van der Waals surface area contributed by atoms with Crippen molar-refractivity contribution >= 4 is 5.78 Å². The third kappa shape index (κ3) is 2.84. The zero-order valence-corrected chi connectivity index (χ0v) is 6.42. The minimum absolute atomic E-state index is 0.603. The number of hydrogen-bond donors (Lipinski definition) is 5. The predicted octanol–water partition coefficient (Wildman–Crippen LogP) is -3.41. The highest BCUT2D eigenvalue weighted by Gasteiger charge is 2.27. The van der Waals surface area contributed by atoms with Crippen LogP contribution in [0.2, 0.25) is 0 Å². The fourth-order valence-electron chi connectivity index (χ4n) is 0.599. The van der Waals surface area contributed by atoms with Gasteiger partial charge >= 0.3 is 0 Å². The lowest BCUT2D eigenvalue weighted by atomic mass is 10.0. The standard InChI is InChI=1S/C6H13NO5/c7-3(1-8)5(11)6(12)4(10)2-9/h3-4,6,8-10,12H,1-2,7H2/t3-,4-,6-/m0/s1. The van der Waals surface area contributed by atoms with Crippen molar-refractivity contribution in [1.29, 1.82) is 0 Å². The van der Waals surface area contributed by atoms with Crippen LogP contribution in [0, 0.1) is 0 Å². The van der Waals surface area contributed by atoms with E-state index in [1.54, 1.807) is 0 Å². The molecule has 6 nitrogen and oxygen atoms in total. The minimum atomic E-state index is -1.74. The monoisotopic (exact) mass is 179 g/mol. The fraction of sp³-hybridized carbons (Fsp3) is 0.833. The number of aliphatic hydroxyl groups is 4. The number of hydrogen-bond acceptors (Lipinski definition) is 6. The second kappa shape index (κ2) is 5.18. The molecule has 72 valence electrons. The lowest BCUT2D eigenvalue weighted by molar-refractivity contribution is -0.136. The number of Topliss-reactive ketones (excluding diaryl/α,β-unsaturated/α-hetero) is 1. The summed E-state index contributed by atoms with van der Waals surface area (Å²) >= 11 is 0. The van der Waals surface area contributed by atoms with Gasteiger partial charge in [0.15, 0.2) is 5.78 Å². The second-order valence-corrected chi connectivity index (χ2v) is 2.39. The van der Waals surface area contributed by atoms with Crippen LogP contribution in [0.1, 0.15) is 0 Å². The van der Waals surface area contributed by atoms with Gasteiger partial charge in [-0.1, -0.05) is 0 Å². The van der Waals surface area contributed by atoms with Gasteiger partial charge in [0.05, 0.1) is 19.3 Å². The molecule has 0 heterocycles.